The number of imidazole rings is 1. The molecule has 2 heterocycles. The molecule has 1 aromatic rings. The summed E-state index contributed by atoms with van der Waals surface area (Å²) < 4.78 is 2.25. The Bertz CT molecular complexity index is 262. The second kappa shape index (κ2) is 2.26. The molecule has 0 fully saturated rings. The minimum absolute atomic E-state index is 0.580. The zero-order valence-electron chi connectivity index (χ0n) is 6.96. The monoisotopic (exact) mass is 151 g/mol. The van der Waals surface area contributed by atoms with Crippen molar-refractivity contribution in [2.45, 2.75) is 26.3 Å². The van der Waals surface area contributed by atoms with Crippen LogP contribution in [0.25, 0.3) is 0 Å². The van der Waals surface area contributed by atoms with Crippen molar-refractivity contribution >= 4 is 5.95 Å². The fourth-order valence-electron chi connectivity index (χ4n) is 1.51. The molecule has 11 heavy (non-hydrogen) atoms. The van der Waals surface area contributed by atoms with Crippen molar-refractivity contribution in [3.63, 3.8) is 0 Å². The first kappa shape index (κ1) is 6.70. The van der Waals surface area contributed by atoms with Gasteiger partial charge in [0.05, 0.1) is 6.20 Å². The lowest BCUT2D eigenvalue weighted by molar-refractivity contribution is 0.699. The lowest BCUT2D eigenvalue weighted by atomic mass is 10.1. The maximum absolute atomic E-state index is 4.27. The van der Waals surface area contributed by atoms with Crippen molar-refractivity contribution < 1.29 is 0 Å². The number of hydrogen-bond donors (Lipinski definition) is 1. The van der Waals surface area contributed by atoms with Gasteiger partial charge in [-0.2, -0.15) is 0 Å². The van der Waals surface area contributed by atoms with E-state index in [0.29, 0.717) is 5.92 Å². The van der Waals surface area contributed by atoms with E-state index in [-0.39, 0.29) is 0 Å². The van der Waals surface area contributed by atoms with Gasteiger partial charge in [0, 0.05) is 18.8 Å². The number of nitrogens with zero attached hydrogens (tertiary/aromatic N) is 2. The smallest absolute Gasteiger partial charge is 0.203 e. The summed E-state index contributed by atoms with van der Waals surface area (Å²) in [6, 6.07) is 0. The van der Waals surface area contributed by atoms with Crippen molar-refractivity contribution in [1.29, 1.82) is 0 Å². The fourth-order valence-corrected chi connectivity index (χ4v) is 1.51. The molecule has 1 aliphatic heterocycles. The molecule has 0 unspecified atom stereocenters. The summed E-state index contributed by atoms with van der Waals surface area (Å²) in [4.78, 5) is 4.27. The molecule has 0 aliphatic carbocycles. The van der Waals surface area contributed by atoms with E-state index in [2.05, 4.69) is 28.7 Å². The Kier molecular flexibility index (Phi) is 1.37. The summed E-state index contributed by atoms with van der Waals surface area (Å²) in [7, 11) is 0. The molecule has 0 amide bonds. The Labute approximate surface area is 66.4 Å². The molecular weight excluding hydrogens is 138 g/mol. The van der Waals surface area contributed by atoms with Crippen LogP contribution in [0.1, 0.15) is 25.5 Å². The summed E-state index contributed by atoms with van der Waals surface area (Å²) in [5, 5.41) is 3.23. The highest BCUT2D eigenvalue weighted by Gasteiger charge is 2.15. The van der Waals surface area contributed by atoms with E-state index in [9.17, 15) is 0 Å². The van der Waals surface area contributed by atoms with Crippen LogP contribution in [0, 0.1) is 0 Å². The molecular formula is C8H13N3. The molecule has 1 aromatic heterocycles. The van der Waals surface area contributed by atoms with Crippen molar-refractivity contribution in [2.24, 2.45) is 0 Å². The number of aromatic nitrogens is 2. The third-order valence-corrected chi connectivity index (χ3v) is 2.10. The Morgan fingerprint density at radius 2 is 2.45 bits per heavy atom. The van der Waals surface area contributed by atoms with Crippen LogP contribution in [0.15, 0.2) is 6.20 Å². The molecule has 3 nitrogen and oxygen atoms in total. The van der Waals surface area contributed by atoms with E-state index in [1.165, 1.54) is 5.69 Å². The lowest BCUT2D eigenvalue weighted by Crippen LogP contribution is -2.00. The van der Waals surface area contributed by atoms with E-state index in [0.717, 1.165) is 19.0 Å². The van der Waals surface area contributed by atoms with E-state index in [1.54, 1.807) is 0 Å². The van der Waals surface area contributed by atoms with Crippen molar-refractivity contribution in [2.75, 3.05) is 11.9 Å². The average molecular weight is 151 g/mol. The highest BCUT2D eigenvalue weighted by molar-refractivity contribution is 5.34. The van der Waals surface area contributed by atoms with Crippen LogP contribution in [-0.2, 0) is 6.54 Å². The first-order chi connectivity index (χ1) is 5.29. The third-order valence-electron chi connectivity index (χ3n) is 2.10. The van der Waals surface area contributed by atoms with Gasteiger partial charge in [-0.1, -0.05) is 13.8 Å². The molecule has 3 heteroatoms. The number of hydrogen-bond acceptors (Lipinski definition) is 2. The Morgan fingerprint density at radius 1 is 1.64 bits per heavy atom. The molecule has 0 saturated carbocycles. The van der Waals surface area contributed by atoms with Crippen LogP contribution in [-0.4, -0.2) is 16.1 Å². The van der Waals surface area contributed by atoms with E-state index in [4.69, 9.17) is 0 Å². The SMILES string of the molecule is CC(C)c1cnc2n1CCN2. The van der Waals surface area contributed by atoms with Crippen LogP contribution in [0.5, 0.6) is 0 Å². The summed E-state index contributed by atoms with van der Waals surface area (Å²) in [5.74, 6) is 1.62. The number of fused-ring (bicyclic) bond motifs is 1. The predicted octanol–water partition coefficient (Wildman–Crippen LogP) is 1.43. The zero-order chi connectivity index (χ0) is 7.84. The molecule has 0 spiro atoms. The van der Waals surface area contributed by atoms with Gasteiger partial charge in [0.2, 0.25) is 5.95 Å². The molecule has 60 valence electrons. The Balaban J connectivity index is 2.42. The largest absolute Gasteiger partial charge is 0.354 e. The highest BCUT2D eigenvalue weighted by Crippen LogP contribution is 2.21. The van der Waals surface area contributed by atoms with Gasteiger partial charge in [-0.05, 0) is 5.92 Å². The van der Waals surface area contributed by atoms with E-state index in [1.807, 2.05) is 6.20 Å². The van der Waals surface area contributed by atoms with Gasteiger partial charge in [-0.15, -0.1) is 0 Å². The van der Waals surface area contributed by atoms with Gasteiger partial charge >= 0.3 is 0 Å². The van der Waals surface area contributed by atoms with Gasteiger partial charge < -0.3 is 9.88 Å². The summed E-state index contributed by atoms with van der Waals surface area (Å²) in [5.41, 5.74) is 1.34. The molecule has 1 aliphatic rings. The third kappa shape index (κ3) is 0.914. The van der Waals surface area contributed by atoms with Gasteiger partial charge in [-0.3, -0.25) is 0 Å². The molecule has 0 aromatic carbocycles. The van der Waals surface area contributed by atoms with E-state index < -0.39 is 0 Å². The zero-order valence-corrected chi connectivity index (χ0v) is 6.96. The van der Waals surface area contributed by atoms with Gasteiger partial charge in [0.25, 0.3) is 0 Å². The van der Waals surface area contributed by atoms with Gasteiger partial charge in [0.1, 0.15) is 0 Å². The van der Waals surface area contributed by atoms with Crippen LogP contribution >= 0.6 is 0 Å². The predicted molar refractivity (Wildman–Crippen MR) is 44.8 cm³/mol. The minimum atomic E-state index is 0.580. The summed E-state index contributed by atoms with van der Waals surface area (Å²) >= 11 is 0. The Hall–Kier alpha value is -0.990. The highest BCUT2D eigenvalue weighted by atomic mass is 15.3. The van der Waals surface area contributed by atoms with Crippen LogP contribution < -0.4 is 5.32 Å². The number of anilines is 1. The first-order valence-corrected chi connectivity index (χ1v) is 4.08. The quantitative estimate of drug-likeness (QED) is 0.658. The second-order valence-corrected chi connectivity index (χ2v) is 3.24. The molecule has 1 N–H and O–H groups in total. The van der Waals surface area contributed by atoms with E-state index >= 15 is 0 Å². The number of rotatable bonds is 1. The maximum atomic E-state index is 4.27. The second-order valence-electron chi connectivity index (χ2n) is 3.24. The van der Waals surface area contributed by atoms with Crippen LogP contribution in [0.2, 0.25) is 0 Å². The van der Waals surface area contributed by atoms with Crippen LogP contribution in [0.4, 0.5) is 5.95 Å². The first-order valence-electron chi connectivity index (χ1n) is 4.08. The maximum Gasteiger partial charge on any atom is 0.203 e. The van der Waals surface area contributed by atoms with Gasteiger partial charge in [0.15, 0.2) is 0 Å². The fraction of sp³-hybridized carbons (Fsp3) is 0.625. The standard InChI is InChI=1S/C8H13N3/c1-6(2)7-5-10-8-9-3-4-11(7)8/h5-6H,3-4H2,1-2H3,(H,9,10). The summed E-state index contributed by atoms with van der Waals surface area (Å²) in [6.45, 7) is 6.50. The topological polar surface area (TPSA) is 29.9 Å². The normalized spacial score (nSPS) is 15.2. The van der Waals surface area contributed by atoms with Gasteiger partial charge in [-0.25, -0.2) is 4.98 Å². The molecule has 0 atom stereocenters. The Morgan fingerprint density at radius 3 is 3.18 bits per heavy atom. The minimum Gasteiger partial charge on any atom is -0.354 e. The summed E-state index contributed by atoms with van der Waals surface area (Å²) in [6.07, 6.45) is 1.96. The molecule has 0 radical (unpaired) electrons. The van der Waals surface area contributed by atoms with Crippen molar-refractivity contribution in [3.05, 3.63) is 11.9 Å². The average Bonchev–Trinajstić information content (AvgIpc) is 2.41. The molecule has 0 bridgehead atoms. The van der Waals surface area contributed by atoms with Crippen LogP contribution in [0.3, 0.4) is 0 Å². The molecule has 0 saturated heterocycles. The van der Waals surface area contributed by atoms with Crippen molar-refractivity contribution in [3.8, 4) is 0 Å². The van der Waals surface area contributed by atoms with Crippen molar-refractivity contribution in [1.82, 2.24) is 9.55 Å². The molecule has 2 rings (SSSR count). The number of nitrogens with one attached hydrogen (secondary N) is 1. The lowest BCUT2D eigenvalue weighted by Gasteiger charge is -2.05.